The van der Waals surface area contributed by atoms with Gasteiger partial charge >= 0.3 is 0 Å². The van der Waals surface area contributed by atoms with Crippen LogP contribution in [-0.4, -0.2) is 36.5 Å². The zero-order valence-electron chi connectivity index (χ0n) is 12.9. The van der Waals surface area contributed by atoms with Crippen LogP contribution in [0.3, 0.4) is 0 Å². The lowest BCUT2D eigenvalue weighted by molar-refractivity contribution is -0.0635. The van der Waals surface area contributed by atoms with Crippen LogP contribution < -0.4 is 5.32 Å². The lowest BCUT2D eigenvalue weighted by Crippen LogP contribution is -2.48. The average Bonchev–Trinajstić information content (AvgIpc) is 2.37. The van der Waals surface area contributed by atoms with Crippen molar-refractivity contribution in [2.45, 2.75) is 70.9 Å². The third kappa shape index (κ3) is 4.44. The summed E-state index contributed by atoms with van der Waals surface area (Å²) in [5.41, 5.74) is -0.0804. The fourth-order valence-corrected chi connectivity index (χ4v) is 3.43. The molecule has 0 bridgehead atoms. The molecule has 0 unspecified atom stereocenters. The van der Waals surface area contributed by atoms with E-state index in [9.17, 15) is 5.11 Å². The van der Waals surface area contributed by atoms with Gasteiger partial charge in [0.2, 0.25) is 0 Å². The second-order valence-corrected chi connectivity index (χ2v) is 7.63. The molecule has 2 rings (SSSR count). The molecule has 1 aliphatic heterocycles. The third-order valence-corrected chi connectivity index (χ3v) is 5.10. The van der Waals surface area contributed by atoms with E-state index >= 15 is 0 Å². The largest absolute Gasteiger partial charge is 0.388 e. The molecule has 2 fully saturated rings. The van der Waals surface area contributed by atoms with Crippen LogP contribution in [0, 0.1) is 11.3 Å². The summed E-state index contributed by atoms with van der Waals surface area (Å²) in [7, 11) is 0. The molecule has 0 aromatic carbocycles. The Morgan fingerprint density at radius 2 is 1.68 bits per heavy atom. The van der Waals surface area contributed by atoms with Crippen molar-refractivity contribution in [2.75, 3.05) is 19.8 Å². The molecule has 3 nitrogen and oxygen atoms in total. The maximum Gasteiger partial charge on any atom is 0.0815 e. The summed E-state index contributed by atoms with van der Waals surface area (Å²) >= 11 is 0. The number of nitrogens with one attached hydrogen (secondary N) is 1. The van der Waals surface area contributed by atoms with Crippen molar-refractivity contribution < 1.29 is 9.84 Å². The monoisotopic (exact) mass is 269 g/mol. The van der Waals surface area contributed by atoms with E-state index in [1.165, 1.54) is 25.7 Å². The van der Waals surface area contributed by atoms with Crippen LogP contribution in [0.15, 0.2) is 0 Å². The summed E-state index contributed by atoms with van der Waals surface area (Å²) in [6.45, 7) is 9.22. The Labute approximate surface area is 118 Å². The number of hydrogen-bond acceptors (Lipinski definition) is 3. The zero-order chi connectivity index (χ0) is 13.9. The molecule has 1 saturated heterocycles. The highest BCUT2D eigenvalue weighted by molar-refractivity contribution is 4.88. The predicted molar refractivity (Wildman–Crippen MR) is 78.2 cm³/mol. The van der Waals surface area contributed by atoms with Crippen LogP contribution in [0.2, 0.25) is 0 Å². The highest BCUT2D eigenvalue weighted by Crippen LogP contribution is 2.37. The van der Waals surface area contributed by atoms with E-state index in [1.807, 2.05) is 0 Å². The molecular formula is C16H31NO2. The number of hydrogen-bond donors (Lipinski definition) is 2. The van der Waals surface area contributed by atoms with E-state index in [2.05, 4.69) is 26.1 Å². The number of aliphatic hydroxyl groups is 1. The van der Waals surface area contributed by atoms with Gasteiger partial charge in [-0.25, -0.2) is 0 Å². The minimum atomic E-state index is -0.529. The maximum absolute atomic E-state index is 10.4. The van der Waals surface area contributed by atoms with Crippen molar-refractivity contribution in [1.29, 1.82) is 0 Å². The summed E-state index contributed by atoms with van der Waals surface area (Å²) in [6, 6.07) is 0.602. The van der Waals surface area contributed by atoms with E-state index in [0.29, 0.717) is 24.7 Å². The van der Waals surface area contributed by atoms with Gasteiger partial charge in [-0.1, -0.05) is 20.8 Å². The molecule has 0 aromatic heterocycles. The molecule has 0 amide bonds. The van der Waals surface area contributed by atoms with Gasteiger partial charge in [0.25, 0.3) is 0 Å². The van der Waals surface area contributed by atoms with Gasteiger partial charge in [0.05, 0.1) is 5.60 Å². The average molecular weight is 269 g/mol. The smallest absolute Gasteiger partial charge is 0.0815 e. The van der Waals surface area contributed by atoms with Crippen LogP contribution in [0.1, 0.15) is 59.3 Å². The molecule has 2 aliphatic rings. The molecule has 2 N–H and O–H groups in total. The van der Waals surface area contributed by atoms with Gasteiger partial charge in [-0.2, -0.15) is 0 Å². The van der Waals surface area contributed by atoms with Crippen molar-refractivity contribution >= 4 is 0 Å². The van der Waals surface area contributed by atoms with Gasteiger partial charge in [0.15, 0.2) is 0 Å². The summed E-state index contributed by atoms with van der Waals surface area (Å²) in [5, 5.41) is 14.0. The van der Waals surface area contributed by atoms with Crippen molar-refractivity contribution in [3.05, 3.63) is 0 Å². The minimum absolute atomic E-state index is 0.448. The first-order chi connectivity index (χ1) is 8.89. The minimum Gasteiger partial charge on any atom is -0.388 e. The van der Waals surface area contributed by atoms with E-state index in [-0.39, 0.29) is 0 Å². The van der Waals surface area contributed by atoms with E-state index in [4.69, 9.17) is 4.74 Å². The Morgan fingerprint density at radius 1 is 1.11 bits per heavy atom. The van der Waals surface area contributed by atoms with Crippen molar-refractivity contribution in [3.8, 4) is 0 Å². The molecule has 1 saturated carbocycles. The molecule has 1 heterocycles. The first-order valence-electron chi connectivity index (χ1n) is 7.93. The van der Waals surface area contributed by atoms with Crippen molar-refractivity contribution in [3.63, 3.8) is 0 Å². The molecule has 0 atom stereocenters. The van der Waals surface area contributed by atoms with E-state index < -0.39 is 5.60 Å². The molecule has 19 heavy (non-hydrogen) atoms. The van der Waals surface area contributed by atoms with Crippen LogP contribution in [-0.2, 0) is 4.74 Å². The number of ether oxygens (including phenoxy) is 1. The maximum atomic E-state index is 10.4. The van der Waals surface area contributed by atoms with Gasteiger partial charge in [-0.15, -0.1) is 0 Å². The van der Waals surface area contributed by atoms with Gasteiger partial charge in [-0.3, -0.25) is 0 Å². The molecular weight excluding hydrogens is 238 g/mol. The predicted octanol–water partition coefficient (Wildman–Crippen LogP) is 2.72. The highest BCUT2D eigenvalue weighted by atomic mass is 16.5. The van der Waals surface area contributed by atoms with Crippen LogP contribution >= 0.6 is 0 Å². The standard InChI is InChI=1S/C16H31NO2/c1-15(2,3)13-4-6-14(7-5-13)17-12-16(18)8-10-19-11-9-16/h13-14,17-18H,4-12H2,1-3H3. The lowest BCUT2D eigenvalue weighted by atomic mass is 9.71. The molecule has 1 aliphatic carbocycles. The van der Waals surface area contributed by atoms with Gasteiger partial charge < -0.3 is 15.2 Å². The Kier molecular flexibility index (Phi) is 4.91. The number of rotatable bonds is 3. The Hall–Kier alpha value is -0.120. The van der Waals surface area contributed by atoms with Crippen LogP contribution in [0.4, 0.5) is 0 Å². The topological polar surface area (TPSA) is 41.5 Å². The molecule has 112 valence electrons. The first-order valence-corrected chi connectivity index (χ1v) is 7.93. The summed E-state index contributed by atoms with van der Waals surface area (Å²) in [5.74, 6) is 0.858. The normalized spacial score (nSPS) is 32.2. The lowest BCUT2D eigenvalue weighted by Gasteiger charge is -2.39. The third-order valence-electron chi connectivity index (χ3n) is 5.10. The zero-order valence-corrected chi connectivity index (χ0v) is 12.9. The molecule has 3 heteroatoms. The molecule has 0 radical (unpaired) electrons. The summed E-state index contributed by atoms with van der Waals surface area (Å²) in [4.78, 5) is 0. The van der Waals surface area contributed by atoms with Crippen molar-refractivity contribution in [1.82, 2.24) is 5.32 Å². The first kappa shape index (κ1) is 15.3. The van der Waals surface area contributed by atoms with Crippen LogP contribution in [0.5, 0.6) is 0 Å². The van der Waals surface area contributed by atoms with Gasteiger partial charge in [-0.05, 0) is 37.0 Å². The SMILES string of the molecule is CC(C)(C)C1CCC(NCC2(O)CCOCC2)CC1. The van der Waals surface area contributed by atoms with E-state index in [1.54, 1.807) is 0 Å². The second-order valence-electron chi connectivity index (χ2n) is 7.63. The van der Waals surface area contributed by atoms with Gasteiger partial charge in [0.1, 0.15) is 0 Å². The van der Waals surface area contributed by atoms with Crippen LogP contribution in [0.25, 0.3) is 0 Å². The second kappa shape index (κ2) is 6.11. The quantitative estimate of drug-likeness (QED) is 0.828. The fourth-order valence-electron chi connectivity index (χ4n) is 3.43. The fraction of sp³-hybridized carbons (Fsp3) is 1.00. The summed E-state index contributed by atoms with van der Waals surface area (Å²) < 4.78 is 5.32. The Balaban J connectivity index is 1.71. The Bertz CT molecular complexity index is 271. The molecule has 0 spiro atoms. The van der Waals surface area contributed by atoms with E-state index in [0.717, 1.165) is 25.3 Å². The Morgan fingerprint density at radius 3 is 2.21 bits per heavy atom. The summed E-state index contributed by atoms with van der Waals surface area (Å²) in [6.07, 6.45) is 6.71. The highest BCUT2D eigenvalue weighted by Gasteiger charge is 2.33. The van der Waals surface area contributed by atoms with Gasteiger partial charge in [0, 0.05) is 38.6 Å². The van der Waals surface area contributed by atoms with Crippen molar-refractivity contribution in [2.24, 2.45) is 11.3 Å². The molecule has 0 aromatic rings.